The lowest BCUT2D eigenvalue weighted by Crippen LogP contribution is -2.44. The van der Waals surface area contributed by atoms with Crippen LogP contribution in [0.5, 0.6) is 0 Å². The van der Waals surface area contributed by atoms with Gasteiger partial charge in [0.25, 0.3) is 0 Å². The van der Waals surface area contributed by atoms with Gasteiger partial charge in [-0.15, -0.1) is 0 Å². The number of carbonyl (C=O) groups excluding carboxylic acids is 1. The first kappa shape index (κ1) is 13.9. The quantitative estimate of drug-likeness (QED) is 0.789. The van der Waals surface area contributed by atoms with Crippen molar-refractivity contribution in [3.05, 3.63) is 0 Å². The number of amides is 1. The zero-order valence-electron chi connectivity index (χ0n) is 11.9. The molecule has 1 atom stereocenters. The maximum atomic E-state index is 12.1. The Morgan fingerprint density at radius 1 is 1.33 bits per heavy atom. The van der Waals surface area contributed by atoms with Gasteiger partial charge in [-0.25, -0.2) is 0 Å². The Labute approximate surface area is 111 Å². The van der Waals surface area contributed by atoms with E-state index in [2.05, 4.69) is 19.2 Å². The van der Waals surface area contributed by atoms with Crippen LogP contribution in [0.3, 0.4) is 0 Å². The molecule has 0 aromatic rings. The molecule has 0 saturated heterocycles. The van der Waals surface area contributed by atoms with Gasteiger partial charge in [0.05, 0.1) is 5.41 Å². The minimum atomic E-state index is -0.187. The van der Waals surface area contributed by atoms with Crippen molar-refractivity contribution in [2.75, 3.05) is 6.54 Å². The van der Waals surface area contributed by atoms with E-state index in [9.17, 15) is 4.79 Å². The Kier molecular flexibility index (Phi) is 4.31. The van der Waals surface area contributed by atoms with E-state index in [1.807, 2.05) is 0 Å². The largest absolute Gasteiger partial charge is 0.353 e. The van der Waals surface area contributed by atoms with Crippen LogP contribution in [0.1, 0.15) is 58.8 Å². The minimum Gasteiger partial charge on any atom is -0.353 e. The van der Waals surface area contributed by atoms with Crippen LogP contribution < -0.4 is 11.1 Å². The van der Waals surface area contributed by atoms with E-state index < -0.39 is 0 Å². The molecule has 0 aliphatic heterocycles. The summed E-state index contributed by atoms with van der Waals surface area (Å²) in [5.41, 5.74) is 5.51. The topological polar surface area (TPSA) is 55.1 Å². The molecule has 18 heavy (non-hydrogen) atoms. The summed E-state index contributed by atoms with van der Waals surface area (Å²) in [5, 5.41) is 3.23. The van der Waals surface area contributed by atoms with Crippen molar-refractivity contribution in [2.45, 2.75) is 64.8 Å². The van der Waals surface area contributed by atoms with Crippen molar-refractivity contribution >= 4 is 5.91 Å². The van der Waals surface area contributed by atoms with Crippen LogP contribution >= 0.6 is 0 Å². The van der Waals surface area contributed by atoms with Gasteiger partial charge in [0.1, 0.15) is 0 Å². The molecule has 104 valence electrons. The SMILES string of the molecule is CCC(C)C1CCC(NC(=O)C2(CN)CC2)CC1. The normalized spacial score (nSPS) is 31.7. The molecule has 3 heteroatoms. The third-order valence-corrected chi connectivity index (χ3v) is 5.28. The van der Waals surface area contributed by atoms with Crippen LogP contribution in [0, 0.1) is 17.3 Å². The standard InChI is InChI=1S/C15H28N2O/c1-3-11(2)12-4-6-13(7-5-12)17-14(18)15(10-16)8-9-15/h11-13H,3-10,16H2,1-2H3,(H,17,18). The first-order valence-electron chi connectivity index (χ1n) is 7.62. The average molecular weight is 252 g/mol. The Bertz CT molecular complexity index is 291. The van der Waals surface area contributed by atoms with Crippen LogP contribution in [0.2, 0.25) is 0 Å². The summed E-state index contributed by atoms with van der Waals surface area (Å²) in [5.74, 6) is 1.92. The fourth-order valence-electron chi connectivity index (χ4n) is 3.18. The lowest BCUT2D eigenvalue weighted by molar-refractivity contribution is -0.127. The van der Waals surface area contributed by atoms with Crippen molar-refractivity contribution in [3.8, 4) is 0 Å². The van der Waals surface area contributed by atoms with Gasteiger partial charge in [-0.05, 0) is 50.4 Å². The molecule has 1 unspecified atom stereocenters. The summed E-state index contributed by atoms with van der Waals surface area (Å²) < 4.78 is 0. The predicted octanol–water partition coefficient (Wildman–Crippen LogP) is 2.45. The zero-order chi connectivity index (χ0) is 13.2. The summed E-state index contributed by atoms with van der Waals surface area (Å²) in [7, 11) is 0. The summed E-state index contributed by atoms with van der Waals surface area (Å²) in [6.45, 7) is 5.15. The van der Waals surface area contributed by atoms with Crippen LogP contribution in [0.25, 0.3) is 0 Å². The van der Waals surface area contributed by atoms with E-state index in [4.69, 9.17) is 5.73 Å². The molecular weight excluding hydrogens is 224 g/mol. The Morgan fingerprint density at radius 2 is 1.94 bits per heavy atom. The lowest BCUT2D eigenvalue weighted by atomic mass is 9.78. The highest BCUT2D eigenvalue weighted by Crippen LogP contribution is 2.45. The smallest absolute Gasteiger partial charge is 0.227 e. The van der Waals surface area contributed by atoms with E-state index in [1.54, 1.807) is 0 Å². The molecule has 2 saturated carbocycles. The van der Waals surface area contributed by atoms with Crippen molar-refractivity contribution in [2.24, 2.45) is 23.0 Å². The van der Waals surface area contributed by atoms with Gasteiger partial charge in [-0.2, -0.15) is 0 Å². The molecule has 3 N–H and O–H groups in total. The number of hydrogen-bond acceptors (Lipinski definition) is 2. The van der Waals surface area contributed by atoms with Crippen molar-refractivity contribution in [3.63, 3.8) is 0 Å². The lowest BCUT2D eigenvalue weighted by Gasteiger charge is -2.33. The number of hydrogen-bond donors (Lipinski definition) is 2. The molecule has 0 heterocycles. The van der Waals surface area contributed by atoms with E-state index in [0.717, 1.165) is 37.5 Å². The molecule has 2 aliphatic carbocycles. The molecule has 2 fully saturated rings. The number of carbonyl (C=O) groups is 1. The molecule has 3 nitrogen and oxygen atoms in total. The van der Waals surface area contributed by atoms with E-state index in [-0.39, 0.29) is 11.3 Å². The van der Waals surface area contributed by atoms with Crippen molar-refractivity contribution < 1.29 is 4.79 Å². The Hall–Kier alpha value is -0.570. The molecule has 0 spiro atoms. The van der Waals surface area contributed by atoms with Gasteiger partial charge < -0.3 is 11.1 Å². The minimum absolute atomic E-state index is 0.187. The zero-order valence-corrected chi connectivity index (χ0v) is 11.9. The van der Waals surface area contributed by atoms with Crippen LogP contribution in [-0.4, -0.2) is 18.5 Å². The van der Waals surface area contributed by atoms with Gasteiger partial charge in [-0.3, -0.25) is 4.79 Å². The highest BCUT2D eigenvalue weighted by atomic mass is 16.2. The summed E-state index contributed by atoms with van der Waals surface area (Å²) in [4.78, 5) is 12.1. The maximum absolute atomic E-state index is 12.1. The highest BCUT2D eigenvalue weighted by Gasteiger charge is 2.49. The molecule has 0 aromatic heterocycles. The van der Waals surface area contributed by atoms with Gasteiger partial charge in [0.2, 0.25) is 5.91 Å². The first-order valence-corrected chi connectivity index (χ1v) is 7.62. The average Bonchev–Trinajstić information content (AvgIpc) is 3.19. The van der Waals surface area contributed by atoms with Crippen LogP contribution in [0.4, 0.5) is 0 Å². The molecule has 2 rings (SSSR count). The van der Waals surface area contributed by atoms with E-state index in [1.165, 1.54) is 19.3 Å². The van der Waals surface area contributed by atoms with Gasteiger partial charge in [0.15, 0.2) is 0 Å². The number of rotatable bonds is 5. The fraction of sp³-hybridized carbons (Fsp3) is 0.933. The Balaban J connectivity index is 1.75. The molecule has 0 bridgehead atoms. The maximum Gasteiger partial charge on any atom is 0.227 e. The second-order valence-electron chi connectivity index (χ2n) is 6.46. The second-order valence-corrected chi connectivity index (χ2v) is 6.46. The highest BCUT2D eigenvalue weighted by molar-refractivity contribution is 5.85. The van der Waals surface area contributed by atoms with Crippen molar-refractivity contribution in [1.82, 2.24) is 5.32 Å². The monoisotopic (exact) mass is 252 g/mol. The summed E-state index contributed by atoms with van der Waals surface area (Å²) in [6.07, 6.45) is 8.10. The molecule has 0 radical (unpaired) electrons. The molecule has 2 aliphatic rings. The first-order chi connectivity index (χ1) is 8.61. The van der Waals surface area contributed by atoms with Crippen LogP contribution in [-0.2, 0) is 4.79 Å². The van der Waals surface area contributed by atoms with Crippen molar-refractivity contribution in [1.29, 1.82) is 0 Å². The van der Waals surface area contributed by atoms with E-state index >= 15 is 0 Å². The number of nitrogens with one attached hydrogen (secondary N) is 1. The second kappa shape index (κ2) is 5.60. The number of nitrogens with two attached hydrogens (primary N) is 1. The third-order valence-electron chi connectivity index (χ3n) is 5.28. The summed E-state index contributed by atoms with van der Waals surface area (Å²) >= 11 is 0. The molecule has 1 amide bonds. The summed E-state index contributed by atoms with van der Waals surface area (Å²) in [6, 6.07) is 0.404. The predicted molar refractivity (Wildman–Crippen MR) is 74.1 cm³/mol. The van der Waals surface area contributed by atoms with Gasteiger partial charge in [-0.1, -0.05) is 20.3 Å². The Morgan fingerprint density at radius 3 is 2.39 bits per heavy atom. The molecular formula is C15H28N2O. The van der Waals surface area contributed by atoms with Gasteiger partial charge in [0, 0.05) is 12.6 Å². The fourth-order valence-corrected chi connectivity index (χ4v) is 3.18. The van der Waals surface area contributed by atoms with Gasteiger partial charge >= 0.3 is 0 Å². The third kappa shape index (κ3) is 2.87. The molecule has 0 aromatic carbocycles. The van der Waals surface area contributed by atoms with Crippen LogP contribution in [0.15, 0.2) is 0 Å². The van der Waals surface area contributed by atoms with E-state index in [0.29, 0.717) is 12.6 Å².